The fraction of sp³-hybridized carbons (Fsp3) is 0.733. The van der Waals surface area contributed by atoms with Crippen LogP contribution in [0.25, 0.3) is 0 Å². The number of hydrogen-bond acceptors (Lipinski definition) is 11. The predicted octanol–water partition coefficient (Wildman–Crippen LogP) is -6.67. The van der Waals surface area contributed by atoms with Crippen LogP contribution in [0.1, 0.15) is 6.42 Å². The summed E-state index contributed by atoms with van der Waals surface area (Å²) >= 11 is 0. The van der Waals surface area contributed by atoms with Gasteiger partial charge >= 0.3 is 5.97 Å². The Bertz CT molecular complexity index is 534. The Morgan fingerprint density at radius 3 is 1.71 bits per heavy atom. The predicted molar refractivity (Wildman–Crippen MR) is 83.5 cm³/mol. The summed E-state index contributed by atoms with van der Waals surface area (Å²) in [6.45, 7) is -2.02. The van der Waals surface area contributed by atoms with E-state index in [0.29, 0.717) is 0 Å². The molecule has 0 saturated carbocycles. The molecule has 12 nitrogen and oxygen atoms in total. The Morgan fingerprint density at radius 2 is 1.39 bits per heavy atom. The van der Waals surface area contributed by atoms with Crippen molar-refractivity contribution in [2.24, 2.45) is 5.73 Å². The fourth-order valence-corrected chi connectivity index (χ4v) is 3.45. The molecule has 3 N–H and O–H groups in total. The minimum absolute atomic E-state index is 0. The van der Waals surface area contributed by atoms with E-state index in [4.69, 9.17) is 5.73 Å². The third-order valence-electron chi connectivity index (χ3n) is 4.40. The molecule has 28 heavy (non-hydrogen) atoms. The number of aliphatic carboxylic acids is 4. The number of carbonyl (C=O) groups is 4. The molecule has 13 heteroatoms. The molecule has 0 aromatic heterocycles. The number of carbonyl (C=O) groups excluding carboxylic acids is 3. The van der Waals surface area contributed by atoms with Crippen LogP contribution in [-0.2, 0) is 19.2 Å². The smallest absolute Gasteiger partial charge is 0.317 e. The zero-order valence-corrected chi connectivity index (χ0v) is 16.9. The molecule has 1 radical (unpaired) electrons. The summed E-state index contributed by atoms with van der Waals surface area (Å²) in [4.78, 5) is 48.5. The second kappa shape index (κ2) is 12.5. The van der Waals surface area contributed by atoms with Gasteiger partial charge in [0.2, 0.25) is 0 Å². The summed E-state index contributed by atoms with van der Waals surface area (Å²) in [6, 6.07) is 0. The van der Waals surface area contributed by atoms with Gasteiger partial charge in [-0.25, -0.2) is 0 Å². The third-order valence-corrected chi connectivity index (χ3v) is 4.40. The third kappa shape index (κ3) is 8.97. The van der Waals surface area contributed by atoms with E-state index in [1.54, 1.807) is 0 Å². The number of nitrogens with two attached hydrogens (primary N) is 1. The van der Waals surface area contributed by atoms with Gasteiger partial charge in [0, 0.05) is 88.2 Å². The first kappa shape index (κ1) is 27.0. The topological polar surface area (TPSA) is 193 Å². The standard InChI is InChI=1S/C15H26N4O8.Tm/c16-2-1-15(19(7-13(24)25)8-14(26)27)9-17(5-11(20)21)3-4-18(10-15)6-12(22)23;/h1-10,16H2,(H,20,21)(H,22,23)(H,24,25)(H,26,27);/p-3. The SMILES string of the molecule is NCCC1(N(CC(=O)[O-])CC(=O)O)CN(CC(=O)[O-])CCN(CC(=O)[O-])C1.[Tm]. The summed E-state index contributed by atoms with van der Waals surface area (Å²) in [7, 11) is 0. The van der Waals surface area contributed by atoms with Gasteiger partial charge in [-0.3, -0.25) is 19.5 Å². The van der Waals surface area contributed by atoms with Crippen molar-refractivity contribution in [3.8, 4) is 0 Å². The minimum atomic E-state index is -1.52. The summed E-state index contributed by atoms with van der Waals surface area (Å²) in [5.41, 5.74) is 4.44. The van der Waals surface area contributed by atoms with E-state index in [-0.39, 0.29) is 76.0 Å². The molecule has 1 heterocycles. The van der Waals surface area contributed by atoms with Crippen LogP contribution in [-0.4, -0.2) is 108 Å². The zero-order valence-electron chi connectivity index (χ0n) is 15.1. The van der Waals surface area contributed by atoms with E-state index >= 15 is 0 Å². The Labute approximate surface area is 191 Å². The second-order valence-corrected chi connectivity index (χ2v) is 6.55. The largest absolute Gasteiger partial charge is 0.549 e. The van der Waals surface area contributed by atoms with E-state index in [1.165, 1.54) is 9.80 Å². The molecule has 0 spiro atoms. The molecule has 1 rings (SSSR count). The van der Waals surface area contributed by atoms with Gasteiger partial charge in [0.25, 0.3) is 0 Å². The first-order chi connectivity index (χ1) is 12.6. The number of carboxylic acid groups (broad SMARTS) is 4. The molecule has 1 saturated heterocycles. The number of nitrogens with zero attached hydrogens (tertiary/aromatic N) is 3. The van der Waals surface area contributed by atoms with Crippen molar-refractivity contribution >= 4 is 23.9 Å². The van der Waals surface area contributed by atoms with E-state index in [9.17, 15) is 39.6 Å². The van der Waals surface area contributed by atoms with Gasteiger partial charge in [-0.2, -0.15) is 0 Å². The van der Waals surface area contributed by atoms with Crippen molar-refractivity contribution in [1.29, 1.82) is 0 Å². The van der Waals surface area contributed by atoms with Gasteiger partial charge in [-0.05, 0) is 13.0 Å². The molecule has 167 valence electrons. The van der Waals surface area contributed by atoms with Crippen molar-refractivity contribution in [3.63, 3.8) is 0 Å². The van der Waals surface area contributed by atoms with Gasteiger partial charge in [-0.15, -0.1) is 0 Å². The Balaban J connectivity index is 0.00000729. The minimum Gasteiger partial charge on any atom is -0.549 e. The first-order valence-electron chi connectivity index (χ1n) is 8.29. The molecule has 0 aromatic carbocycles. The van der Waals surface area contributed by atoms with Crippen molar-refractivity contribution in [2.75, 3.05) is 58.9 Å². The van der Waals surface area contributed by atoms with Crippen molar-refractivity contribution < 1.29 is 76.5 Å². The quantitative estimate of drug-likeness (QED) is 0.245. The molecule has 0 aromatic rings. The van der Waals surface area contributed by atoms with E-state index in [2.05, 4.69) is 0 Å². The maximum absolute atomic E-state index is 11.3. The van der Waals surface area contributed by atoms with Gasteiger partial charge in [-0.1, -0.05) is 0 Å². The van der Waals surface area contributed by atoms with Crippen LogP contribution in [0.2, 0.25) is 0 Å². The van der Waals surface area contributed by atoms with E-state index in [1.807, 2.05) is 0 Å². The average molecular weight is 556 g/mol. The van der Waals surface area contributed by atoms with Crippen molar-refractivity contribution in [2.45, 2.75) is 12.0 Å². The van der Waals surface area contributed by atoms with Gasteiger partial charge in [0.05, 0.1) is 24.5 Å². The molecular formula is C15H23N4O8Tm-3. The monoisotopic (exact) mass is 556 g/mol. The van der Waals surface area contributed by atoms with Gasteiger partial charge < -0.3 is 40.5 Å². The summed E-state index contributed by atoms with van der Waals surface area (Å²) < 4.78 is 0. The molecule has 0 amide bonds. The zero-order chi connectivity index (χ0) is 20.6. The van der Waals surface area contributed by atoms with Crippen molar-refractivity contribution in [1.82, 2.24) is 14.7 Å². The molecule has 0 aliphatic carbocycles. The number of hydrogen-bond donors (Lipinski definition) is 2. The van der Waals surface area contributed by atoms with Crippen LogP contribution in [0, 0.1) is 36.9 Å². The van der Waals surface area contributed by atoms with Crippen LogP contribution >= 0.6 is 0 Å². The number of rotatable bonds is 11. The van der Waals surface area contributed by atoms with Crippen LogP contribution in [0.5, 0.6) is 0 Å². The van der Waals surface area contributed by atoms with Crippen LogP contribution in [0.3, 0.4) is 0 Å². The van der Waals surface area contributed by atoms with Crippen LogP contribution in [0.4, 0.5) is 0 Å². The Morgan fingerprint density at radius 1 is 0.929 bits per heavy atom. The van der Waals surface area contributed by atoms with Gasteiger partial charge in [0.1, 0.15) is 0 Å². The van der Waals surface area contributed by atoms with Crippen molar-refractivity contribution in [3.05, 3.63) is 0 Å². The Hall–Kier alpha value is -1.05. The van der Waals surface area contributed by atoms with E-state index in [0.717, 1.165) is 4.90 Å². The van der Waals surface area contributed by atoms with Gasteiger partial charge in [0.15, 0.2) is 0 Å². The molecule has 0 atom stereocenters. The van der Waals surface area contributed by atoms with Crippen LogP contribution in [0.15, 0.2) is 0 Å². The Kier molecular flexibility index (Phi) is 12.0. The number of carboxylic acids is 4. The summed E-state index contributed by atoms with van der Waals surface area (Å²) in [6.07, 6.45) is 0.112. The second-order valence-electron chi connectivity index (χ2n) is 6.55. The van der Waals surface area contributed by atoms with E-state index < -0.39 is 55.6 Å². The molecule has 0 unspecified atom stereocenters. The molecule has 1 aliphatic rings. The molecule has 1 aliphatic heterocycles. The molecule has 0 bridgehead atoms. The first-order valence-corrected chi connectivity index (χ1v) is 8.29. The molecule has 1 fully saturated rings. The fourth-order valence-electron chi connectivity index (χ4n) is 3.45. The summed E-state index contributed by atoms with van der Waals surface area (Å²) in [5, 5.41) is 42.4. The van der Waals surface area contributed by atoms with Crippen LogP contribution < -0.4 is 21.1 Å². The normalized spacial score (nSPS) is 17.5. The maximum atomic E-state index is 11.3. The maximum Gasteiger partial charge on any atom is 0.317 e. The average Bonchev–Trinajstić information content (AvgIpc) is 2.65. The molecular weight excluding hydrogens is 533 g/mol. The summed E-state index contributed by atoms with van der Waals surface area (Å²) in [5.74, 6) is -5.55.